The highest BCUT2D eigenvalue weighted by Gasteiger charge is 2.16. The van der Waals surface area contributed by atoms with Crippen LogP contribution in [0.3, 0.4) is 0 Å². The van der Waals surface area contributed by atoms with Gasteiger partial charge in [-0.1, -0.05) is 42.5 Å². The van der Waals surface area contributed by atoms with E-state index in [0.717, 1.165) is 40.1 Å². The van der Waals surface area contributed by atoms with Gasteiger partial charge in [-0.3, -0.25) is 9.48 Å². The smallest absolute Gasteiger partial charge is 0.224 e. The Morgan fingerprint density at radius 2 is 1.81 bits per heavy atom. The molecule has 0 radical (unpaired) electrons. The number of carbonyl (C=O) groups excluding carboxylic acids is 2. The maximum Gasteiger partial charge on any atom is 0.224 e. The minimum Gasteiger partial charge on any atom is -0.396 e. The van der Waals surface area contributed by atoms with Crippen molar-refractivity contribution < 1.29 is 14.7 Å². The van der Waals surface area contributed by atoms with Crippen LogP contribution in [-0.4, -0.2) is 33.7 Å². The zero-order chi connectivity index (χ0) is 22.2. The molecule has 3 rings (SSSR count). The fraction of sp³-hybridized carbons (Fsp3) is 0.320. The molecule has 0 aliphatic heterocycles. The minimum atomic E-state index is -0.403. The highest BCUT2D eigenvalue weighted by Crippen LogP contribution is 2.19. The number of benzene rings is 2. The molecule has 1 atom stereocenters. The van der Waals surface area contributed by atoms with Gasteiger partial charge in [0.15, 0.2) is 0 Å². The summed E-state index contributed by atoms with van der Waals surface area (Å²) in [4.78, 5) is 23.3. The number of rotatable bonds is 10. The van der Waals surface area contributed by atoms with Crippen molar-refractivity contribution >= 4 is 17.9 Å². The third-order valence-corrected chi connectivity index (χ3v) is 5.48. The van der Waals surface area contributed by atoms with Crippen molar-refractivity contribution in [3.05, 3.63) is 82.7 Å². The number of nitrogens with one attached hydrogen (secondary N) is 1. The SMILES string of the molecule is Cc1nn(Cc2ccc(NC(=O)CCc3ccccc3)cc2)c(C)c1CC(C=O)CO. The summed E-state index contributed by atoms with van der Waals surface area (Å²) in [7, 11) is 0. The first-order chi connectivity index (χ1) is 15.0. The van der Waals surface area contributed by atoms with E-state index in [1.807, 2.05) is 73.1 Å². The van der Waals surface area contributed by atoms with Crippen molar-refractivity contribution in [3.63, 3.8) is 0 Å². The molecule has 0 saturated heterocycles. The molecule has 0 saturated carbocycles. The molecule has 1 aromatic heterocycles. The van der Waals surface area contributed by atoms with E-state index in [0.29, 0.717) is 25.8 Å². The molecule has 6 nitrogen and oxygen atoms in total. The number of carbonyl (C=O) groups is 2. The molecule has 2 aromatic carbocycles. The van der Waals surface area contributed by atoms with Gasteiger partial charge in [-0.05, 0) is 55.5 Å². The maximum absolute atomic E-state index is 12.2. The van der Waals surface area contributed by atoms with Crippen molar-refractivity contribution in [1.29, 1.82) is 0 Å². The number of hydrogen-bond acceptors (Lipinski definition) is 4. The van der Waals surface area contributed by atoms with E-state index in [2.05, 4.69) is 10.4 Å². The monoisotopic (exact) mass is 419 g/mol. The molecular formula is C25H29N3O3. The average molecular weight is 420 g/mol. The van der Waals surface area contributed by atoms with Crippen LogP contribution in [0.4, 0.5) is 5.69 Å². The van der Waals surface area contributed by atoms with Gasteiger partial charge in [0, 0.05) is 23.7 Å². The Morgan fingerprint density at radius 3 is 2.45 bits per heavy atom. The van der Waals surface area contributed by atoms with Crippen LogP contribution in [0.15, 0.2) is 54.6 Å². The molecule has 1 unspecified atom stereocenters. The third-order valence-electron chi connectivity index (χ3n) is 5.48. The van der Waals surface area contributed by atoms with E-state index < -0.39 is 5.92 Å². The quantitative estimate of drug-likeness (QED) is 0.493. The Kier molecular flexibility index (Phi) is 7.73. The van der Waals surface area contributed by atoms with E-state index in [9.17, 15) is 14.7 Å². The van der Waals surface area contributed by atoms with Crippen LogP contribution in [0.2, 0.25) is 0 Å². The van der Waals surface area contributed by atoms with E-state index in [4.69, 9.17) is 0 Å². The van der Waals surface area contributed by atoms with Crippen LogP contribution in [-0.2, 0) is 29.0 Å². The normalized spacial score (nSPS) is 11.8. The van der Waals surface area contributed by atoms with Crippen molar-refractivity contribution in [2.75, 3.05) is 11.9 Å². The number of hydrogen-bond donors (Lipinski definition) is 2. The van der Waals surface area contributed by atoms with Crippen LogP contribution in [0.5, 0.6) is 0 Å². The van der Waals surface area contributed by atoms with Gasteiger partial charge in [0.05, 0.1) is 18.8 Å². The lowest BCUT2D eigenvalue weighted by Gasteiger charge is -2.09. The van der Waals surface area contributed by atoms with Crippen LogP contribution < -0.4 is 5.32 Å². The lowest BCUT2D eigenvalue weighted by Crippen LogP contribution is -2.13. The van der Waals surface area contributed by atoms with Gasteiger partial charge in [-0.15, -0.1) is 0 Å². The summed E-state index contributed by atoms with van der Waals surface area (Å²) in [5.74, 6) is -0.409. The summed E-state index contributed by atoms with van der Waals surface area (Å²) in [6.45, 7) is 4.34. The Bertz CT molecular complexity index is 1010. The molecule has 31 heavy (non-hydrogen) atoms. The predicted molar refractivity (Wildman–Crippen MR) is 121 cm³/mol. The molecule has 0 fully saturated rings. The van der Waals surface area contributed by atoms with E-state index in [1.165, 1.54) is 0 Å². The lowest BCUT2D eigenvalue weighted by molar-refractivity contribution is -0.116. The third kappa shape index (κ3) is 6.12. The zero-order valence-electron chi connectivity index (χ0n) is 18.0. The first-order valence-corrected chi connectivity index (χ1v) is 10.5. The van der Waals surface area contributed by atoms with Crippen molar-refractivity contribution in [1.82, 2.24) is 9.78 Å². The van der Waals surface area contributed by atoms with E-state index in [1.54, 1.807) is 0 Å². The van der Waals surface area contributed by atoms with Gasteiger partial charge in [-0.25, -0.2) is 0 Å². The molecule has 0 aliphatic rings. The highest BCUT2D eigenvalue weighted by atomic mass is 16.3. The summed E-state index contributed by atoms with van der Waals surface area (Å²) < 4.78 is 1.91. The number of aldehydes is 1. The maximum atomic E-state index is 12.2. The average Bonchev–Trinajstić information content (AvgIpc) is 3.05. The zero-order valence-corrected chi connectivity index (χ0v) is 18.0. The number of aryl methyl sites for hydroxylation is 2. The number of aromatic nitrogens is 2. The van der Waals surface area contributed by atoms with Crippen molar-refractivity contribution in [2.45, 2.75) is 39.7 Å². The van der Waals surface area contributed by atoms with Crippen LogP contribution in [0.1, 0.15) is 34.5 Å². The molecular weight excluding hydrogens is 390 g/mol. The van der Waals surface area contributed by atoms with E-state index >= 15 is 0 Å². The number of anilines is 1. The summed E-state index contributed by atoms with van der Waals surface area (Å²) in [6, 6.07) is 17.7. The Balaban J connectivity index is 1.58. The predicted octanol–water partition coefficient (Wildman–Crippen LogP) is 3.47. The van der Waals surface area contributed by atoms with Crippen LogP contribution >= 0.6 is 0 Å². The molecule has 0 bridgehead atoms. The van der Waals surface area contributed by atoms with Gasteiger partial charge in [0.1, 0.15) is 6.29 Å². The van der Waals surface area contributed by atoms with Crippen molar-refractivity contribution in [2.24, 2.45) is 5.92 Å². The molecule has 0 spiro atoms. The molecule has 3 aromatic rings. The summed E-state index contributed by atoms with van der Waals surface area (Å²) in [6.07, 6.45) is 2.44. The second kappa shape index (κ2) is 10.7. The molecule has 6 heteroatoms. The Morgan fingerprint density at radius 1 is 1.10 bits per heavy atom. The number of aliphatic hydroxyl groups excluding tert-OH is 1. The van der Waals surface area contributed by atoms with E-state index in [-0.39, 0.29) is 12.5 Å². The molecule has 2 N–H and O–H groups in total. The number of nitrogens with zero attached hydrogens (tertiary/aromatic N) is 2. The largest absolute Gasteiger partial charge is 0.396 e. The van der Waals surface area contributed by atoms with Crippen LogP contribution in [0.25, 0.3) is 0 Å². The fourth-order valence-corrected chi connectivity index (χ4v) is 3.59. The standard InChI is InChI=1S/C25H29N3O3/c1-18-24(14-22(16-29)17-30)19(2)28(27-18)15-21-8-11-23(12-9-21)26-25(31)13-10-20-6-4-3-5-7-20/h3-9,11-12,16,22,30H,10,13-15,17H2,1-2H3,(H,26,31). The van der Waals surface area contributed by atoms with Gasteiger partial charge >= 0.3 is 0 Å². The number of aliphatic hydroxyl groups is 1. The number of amides is 1. The minimum absolute atomic E-state index is 0.00611. The van der Waals surface area contributed by atoms with Crippen LogP contribution in [0, 0.1) is 19.8 Å². The summed E-state index contributed by atoms with van der Waals surface area (Å²) >= 11 is 0. The second-order valence-electron chi connectivity index (χ2n) is 7.82. The topological polar surface area (TPSA) is 84.2 Å². The second-order valence-corrected chi connectivity index (χ2v) is 7.82. The molecule has 1 heterocycles. The van der Waals surface area contributed by atoms with Crippen molar-refractivity contribution in [3.8, 4) is 0 Å². The Hall–Kier alpha value is -3.25. The summed E-state index contributed by atoms with van der Waals surface area (Å²) in [5.41, 5.74) is 5.86. The first-order valence-electron chi connectivity index (χ1n) is 10.5. The summed E-state index contributed by atoms with van der Waals surface area (Å²) in [5, 5.41) is 16.8. The fourth-order valence-electron chi connectivity index (χ4n) is 3.59. The Labute approximate surface area is 182 Å². The highest BCUT2D eigenvalue weighted by molar-refractivity contribution is 5.90. The lowest BCUT2D eigenvalue weighted by atomic mass is 10.00. The van der Waals surface area contributed by atoms with Gasteiger partial charge in [-0.2, -0.15) is 5.10 Å². The molecule has 1 amide bonds. The first kappa shape index (κ1) is 22.4. The van der Waals surface area contributed by atoms with Gasteiger partial charge in [0.25, 0.3) is 0 Å². The molecule has 162 valence electrons. The molecule has 0 aliphatic carbocycles. The van der Waals surface area contributed by atoms with Gasteiger partial charge < -0.3 is 15.2 Å². The van der Waals surface area contributed by atoms with Gasteiger partial charge in [0.2, 0.25) is 5.91 Å².